The number of benzene rings is 5. The van der Waals surface area contributed by atoms with Crippen LogP contribution in [0.3, 0.4) is 0 Å². The minimum Gasteiger partial charge on any atom is -0.489 e. The average molecular weight is 629 g/mol. The Labute approximate surface area is 274 Å². The third kappa shape index (κ3) is 8.47. The van der Waals surface area contributed by atoms with E-state index in [2.05, 4.69) is 13.2 Å². The largest absolute Gasteiger partial charge is 0.489 e. The van der Waals surface area contributed by atoms with E-state index < -0.39 is 24.1 Å². The molecule has 0 aliphatic rings. The van der Waals surface area contributed by atoms with Gasteiger partial charge in [-0.15, -0.1) is 0 Å². The molecule has 47 heavy (non-hydrogen) atoms. The van der Waals surface area contributed by atoms with Gasteiger partial charge in [-0.2, -0.15) is 0 Å². The number of hydrogen-bond acceptors (Lipinski definition) is 7. The van der Waals surface area contributed by atoms with Crippen LogP contribution in [-0.2, 0) is 19.1 Å². The molecule has 7 nitrogen and oxygen atoms in total. The second kappa shape index (κ2) is 15.5. The summed E-state index contributed by atoms with van der Waals surface area (Å²) in [5, 5.41) is 1.46. The summed E-state index contributed by atoms with van der Waals surface area (Å²) in [6.45, 7) is 10.7. The zero-order valence-electron chi connectivity index (χ0n) is 26.4. The van der Waals surface area contributed by atoms with Gasteiger partial charge in [0.25, 0.3) is 0 Å². The molecule has 0 aliphatic heterocycles. The fourth-order valence-electron chi connectivity index (χ4n) is 4.77. The molecule has 2 atom stereocenters. The van der Waals surface area contributed by atoms with Crippen molar-refractivity contribution in [2.24, 2.45) is 0 Å². The number of carbonyl (C=O) groups is 2. The topological polar surface area (TPSA) is 80.3 Å². The summed E-state index contributed by atoms with van der Waals surface area (Å²) in [6.07, 6.45) is -1.41. The first-order valence-electron chi connectivity index (χ1n) is 15.2. The Kier molecular flexibility index (Phi) is 10.7. The summed E-state index contributed by atoms with van der Waals surface area (Å²) in [6, 6.07) is 37.5. The maximum absolute atomic E-state index is 12.6. The average Bonchev–Trinajstić information content (AvgIpc) is 3.09. The van der Waals surface area contributed by atoms with Crippen molar-refractivity contribution in [1.82, 2.24) is 0 Å². The van der Waals surface area contributed by atoms with E-state index >= 15 is 0 Å². The van der Waals surface area contributed by atoms with E-state index in [0.717, 1.165) is 16.5 Å². The first kappa shape index (κ1) is 32.6. The van der Waals surface area contributed by atoms with Gasteiger partial charge in [0.05, 0.1) is 0 Å². The minimum atomic E-state index is -0.714. The smallest absolute Gasteiger partial charge is 0.333 e. The molecular formula is C40H36O7. The van der Waals surface area contributed by atoms with Crippen LogP contribution < -0.4 is 14.2 Å². The lowest BCUT2D eigenvalue weighted by Gasteiger charge is -2.23. The fourth-order valence-corrected chi connectivity index (χ4v) is 4.77. The minimum absolute atomic E-state index is 0.00528. The van der Waals surface area contributed by atoms with Gasteiger partial charge in [-0.1, -0.05) is 116 Å². The number of fused-ring (bicyclic) bond motifs is 1. The molecule has 238 valence electrons. The van der Waals surface area contributed by atoms with E-state index in [0.29, 0.717) is 34.0 Å². The standard InChI is InChI=1S/C40H36O7/c1-27(2)39(41)46-36(29-16-8-5-9-17-29)25-43-34-24-35(45-31-20-12-7-13-21-31)38(33-23-15-14-22-32(33)34)44-26-37(47-40(42)28(3)4)30-18-10-6-11-19-30/h5-24,36-37H,1,3,25-26H2,2,4H3. The van der Waals surface area contributed by atoms with Crippen molar-refractivity contribution in [3.05, 3.63) is 157 Å². The van der Waals surface area contributed by atoms with Crippen LogP contribution in [0.25, 0.3) is 10.8 Å². The monoisotopic (exact) mass is 628 g/mol. The van der Waals surface area contributed by atoms with Gasteiger partial charge in [0.2, 0.25) is 0 Å². The maximum atomic E-state index is 12.6. The van der Waals surface area contributed by atoms with Crippen LogP contribution in [0.5, 0.6) is 23.0 Å². The normalized spacial score (nSPS) is 12.0. The number of hydrogen-bond donors (Lipinski definition) is 0. The Morgan fingerprint density at radius 2 is 1.02 bits per heavy atom. The Hall–Kier alpha value is -5.82. The van der Waals surface area contributed by atoms with E-state index in [1.807, 2.05) is 115 Å². The van der Waals surface area contributed by atoms with Crippen LogP contribution in [0.1, 0.15) is 37.2 Å². The molecule has 7 heteroatoms. The van der Waals surface area contributed by atoms with Crippen LogP contribution in [0.4, 0.5) is 0 Å². The molecular weight excluding hydrogens is 592 g/mol. The van der Waals surface area contributed by atoms with Gasteiger partial charge < -0.3 is 23.7 Å². The molecule has 0 aromatic heterocycles. The number of rotatable bonds is 14. The van der Waals surface area contributed by atoms with Crippen molar-refractivity contribution < 1.29 is 33.3 Å². The number of esters is 2. The molecule has 5 aromatic rings. The number of ether oxygens (including phenoxy) is 5. The van der Waals surface area contributed by atoms with Crippen molar-refractivity contribution in [1.29, 1.82) is 0 Å². The van der Waals surface area contributed by atoms with E-state index in [4.69, 9.17) is 23.7 Å². The van der Waals surface area contributed by atoms with Crippen LogP contribution >= 0.6 is 0 Å². The highest BCUT2D eigenvalue weighted by atomic mass is 16.6. The molecule has 5 aromatic carbocycles. The summed E-state index contributed by atoms with van der Waals surface area (Å²) in [5.41, 5.74) is 2.13. The van der Waals surface area contributed by atoms with E-state index in [-0.39, 0.29) is 18.8 Å². The van der Waals surface area contributed by atoms with E-state index in [9.17, 15) is 9.59 Å². The van der Waals surface area contributed by atoms with Crippen LogP contribution in [0.2, 0.25) is 0 Å². The Balaban J connectivity index is 1.52. The molecule has 0 spiro atoms. The number of para-hydroxylation sites is 1. The molecule has 0 saturated heterocycles. The predicted octanol–water partition coefficient (Wildman–Crippen LogP) is 9.11. The van der Waals surface area contributed by atoms with E-state index in [1.165, 1.54) is 0 Å². The Morgan fingerprint density at radius 3 is 1.53 bits per heavy atom. The quantitative estimate of drug-likeness (QED) is 0.0896. The molecule has 0 heterocycles. The van der Waals surface area contributed by atoms with Crippen molar-refractivity contribution in [3.63, 3.8) is 0 Å². The Morgan fingerprint density at radius 1 is 0.574 bits per heavy atom. The summed E-state index contributed by atoms with van der Waals surface area (Å²) in [4.78, 5) is 25.1. The highest BCUT2D eigenvalue weighted by molar-refractivity contribution is 5.96. The lowest BCUT2D eigenvalue weighted by atomic mass is 10.1. The third-order valence-corrected chi connectivity index (χ3v) is 7.20. The summed E-state index contributed by atoms with van der Waals surface area (Å²) >= 11 is 0. The third-order valence-electron chi connectivity index (χ3n) is 7.20. The van der Waals surface area contributed by atoms with Gasteiger partial charge in [-0.25, -0.2) is 9.59 Å². The lowest BCUT2D eigenvalue weighted by Crippen LogP contribution is -2.19. The first-order chi connectivity index (χ1) is 22.8. The molecule has 0 bridgehead atoms. The molecule has 0 N–H and O–H groups in total. The molecule has 0 saturated carbocycles. The van der Waals surface area contributed by atoms with Crippen molar-refractivity contribution in [2.45, 2.75) is 26.1 Å². The summed E-state index contributed by atoms with van der Waals surface area (Å²) in [5.74, 6) is 0.890. The van der Waals surface area contributed by atoms with Gasteiger partial charge >= 0.3 is 11.9 Å². The zero-order valence-corrected chi connectivity index (χ0v) is 26.4. The molecule has 5 rings (SSSR count). The van der Waals surface area contributed by atoms with Gasteiger partial charge in [0.1, 0.15) is 24.7 Å². The second-order valence-corrected chi connectivity index (χ2v) is 11.0. The fraction of sp³-hybridized carbons (Fsp3) is 0.150. The summed E-state index contributed by atoms with van der Waals surface area (Å²) in [7, 11) is 0. The van der Waals surface area contributed by atoms with Gasteiger partial charge in [-0.05, 0) is 37.1 Å². The second-order valence-electron chi connectivity index (χ2n) is 11.0. The Bertz CT molecular complexity index is 1850. The maximum Gasteiger partial charge on any atom is 0.333 e. The van der Waals surface area contributed by atoms with Crippen molar-refractivity contribution >= 4 is 22.7 Å². The van der Waals surface area contributed by atoms with Crippen LogP contribution in [0.15, 0.2) is 146 Å². The lowest BCUT2D eigenvalue weighted by molar-refractivity contribution is -0.147. The van der Waals surface area contributed by atoms with Gasteiger partial charge in [0, 0.05) is 28.0 Å². The van der Waals surface area contributed by atoms with Crippen molar-refractivity contribution in [3.8, 4) is 23.0 Å². The first-order valence-corrected chi connectivity index (χ1v) is 15.2. The SMILES string of the molecule is C=C(C)C(=O)OC(COc1cc(Oc2ccccc2)c(OCC(OC(=O)C(=C)C)c2ccccc2)c2ccccc12)c1ccccc1. The van der Waals surface area contributed by atoms with Gasteiger partial charge in [-0.3, -0.25) is 0 Å². The van der Waals surface area contributed by atoms with Crippen LogP contribution in [-0.4, -0.2) is 25.2 Å². The zero-order chi connectivity index (χ0) is 33.2. The number of carbonyl (C=O) groups excluding carboxylic acids is 2. The summed E-state index contributed by atoms with van der Waals surface area (Å²) < 4.78 is 30.8. The van der Waals surface area contributed by atoms with Crippen molar-refractivity contribution in [2.75, 3.05) is 13.2 Å². The molecule has 2 unspecified atom stereocenters. The van der Waals surface area contributed by atoms with Gasteiger partial charge in [0.15, 0.2) is 23.7 Å². The molecule has 0 amide bonds. The highest BCUT2D eigenvalue weighted by Gasteiger charge is 2.24. The predicted molar refractivity (Wildman–Crippen MR) is 182 cm³/mol. The van der Waals surface area contributed by atoms with Crippen LogP contribution in [0, 0.1) is 0 Å². The highest BCUT2D eigenvalue weighted by Crippen LogP contribution is 2.44. The molecule has 0 fully saturated rings. The molecule has 0 aliphatic carbocycles. The molecule has 0 radical (unpaired) electrons. The van der Waals surface area contributed by atoms with E-state index in [1.54, 1.807) is 19.9 Å².